The smallest absolute Gasteiger partial charge is 0.287 e. The summed E-state index contributed by atoms with van der Waals surface area (Å²) < 4.78 is 11.0. The Hall–Kier alpha value is -2.78. The van der Waals surface area contributed by atoms with Crippen molar-refractivity contribution in [1.29, 1.82) is 5.26 Å². The number of ether oxygens (including phenoxy) is 1. The van der Waals surface area contributed by atoms with E-state index in [1.54, 1.807) is 30.3 Å². The van der Waals surface area contributed by atoms with Crippen molar-refractivity contribution in [3.63, 3.8) is 0 Å². The highest BCUT2D eigenvalue weighted by Crippen LogP contribution is 2.34. The Morgan fingerprint density at radius 2 is 2.28 bits per heavy atom. The van der Waals surface area contributed by atoms with Crippen molar-refractivity contribution < 1.29 is 19.1 Å². The van der Waals surface area contributed by atoms with E-state index in [-0.39, 0.29) is 30.9 Å². The molecule has 1 aliphatic rings. The molecule has 0 radical (unpaired) electrons. The Labute approximate surface area is 146 Å². The molecular formula is C19H20N2O4. The van der Waals surface area contributed by atoms with Crippen molar-refractivity contribution in [2.75, 3.05) is 6.61 Å². The summed E-state index contributed by atoms with van der Waals surface area (Å²) in [5.41, 5.74) is 1.15. The van der Waals surface area contributed by atoms with Crippen LogP contribution < -0.4 is 10.1 Å². The first-order valence-corrected chi connectivity index (χ1v) is 8.32. The van der Waals surface area contributed by atoms with Gasteiger partial charge in [0.25, 0.3) is 5.91 Å². The molecule has 3 rings (SSSR count). The topological polar surface area (TPSA) is 95.5 Å². The van der Waals surface area contributed by atoms with E-state index < -0.39 is 0 Å². The second-order valence-electron chi connectivity index (χ2n) is 6.13. The third-order valence-electron chi connectivity index (χ3n) is 4.26. The first kappa shape index (κ1) is 17.1. The standard InChI is InChI=1S/C19H20N2O4/c20-11-13-2-1-3-16(10-13)25-12-15-7-9-24-18(15)19(23)21-17(6-8-22)14-4-5-14/h1-3,7,9-10,14,17,22H,4-6,8,12H2,(H,21,23). The van der Waals surface area contributed by atoms with E-state index in [0.29, 0.717) is 29.2 Å². The molecule has 1 aliphatic carbocycles. The zero-order chi connectivity index (χ0) is 17.6. The van der Waals surface area contributed by atoms with Gasteiger partial charge in [0.05, 0.1) is 17.9 Å². The number of benzene rings is 1. The van der Waals surface area contributed by atoms with Crippen LogP contribution in [0.15, 0.2) is 41.0 Å². The maximum atomic E-state index is 12.5. The van der Waals surface area contributed by atoms with Crippen molar-refractivity contribution in [2.45, 2.75) is 31.9 Å². The zero-order valence-electron chi connectivity index (χ0n) is 13.8. The highest BCUT2D eigenvalue weighted by Gasteiger charge is 2.32. The van der Waals surface area contributed by atoms with Crippen molar-refractivity contribution in [3.8, 4) is 11.8 Å². The molecule has 0 saturated heterocycles. The second-order valence-corrected chi connectivity index (χ2v) is 6.13. The van der Waals surface area contributed by atoms with E-state index in [1.807, 2.05) is 0 Å². The van der Waals surface area contributed by atoms with Gasteiger partial charge in [-0.1, -0.05) is 6.07 Å². The van der Waals surface area contributed by atoms with Crippen LogP contribution in [0.25, 0.3) is 0 Å². The van der Waals surface area contributed by atoms with Gasteiger partial charge in [-0.05, 0) is 49.4 Å². The van der Waals surface area contributed by atoms with Gasteiger partial charge in [0, 0.05) is 18.2 Å². The third kappa shape index (κ3) is 4.40. The van der Waals surface area contributed by atoms with Crippen LogP contribution in [0.1, 0.15) is 40.9 Å². The zero-order valence-corrected chi connectivity index (χ0v) is 13.8. The van der Waals surface area contributed by atoms with Crippen LogP contribution in [0.5, 0.6) is 5.75 Å². The molecule has 130 valence electrons. The fraction of sp³-hybridized carbons (Fsp3) is 0.368. The first-order chi connectivity index (χ1) is 12.2. The average Bonchev–Trinajstić information content (AvgIpc) is 3.37. The molecule has 1 amide bonds. The van der Waals surface area contributed by atoms with Crippen LogP contribution in [0.2, 0.25) is 0 Å². The number of furan rings is 1. The fourth-order valence-electron chi connectivity index (χ4n) is 2.76. The lowest BCUT2D eigenvalue weighted by atomic mass is 10.1. The lowest BCUT2D eigenvalue weighted by molar-refractivity contribution is 0.0892. The average molecular weight is 340 g/mol. The molecule has 2 aromatic rings. The predicted molar refractivity (Wildman–Crippen MR) is 89.9 cm³/mol. The maximum absolute atomic E-state index is 12.5. The lowest BCUT2D eigenvalue weighted by Crippen LogP contribution is -2.37. The molecule has 1 heterocycles. The molecule has 1 fully saturated rings. The number of carbonyl (C=O) groups excluding carboxylic acids is 1. The summed E-state index contributed by atoms with van der Waals surface area (Å²) in [7, 11) is 0. The maximum Gasteiger partial charge on any atom is 0.287 e. The molecule has 2 N–H and O–H groups in total. The lowest BCUT2D eigenvalue weighted by Gasteiger charge is -2.16. The number of hydrogen-bond acceptors (Lipinski definition) is 5. The minimum Gasteiger partial charge on any atom is -0.489 e. The number of nitrogens with zero attached hydrogens (tertiary/aromatic N) is 1. The van der Waals surface area contributed by atoms with Gasteiger partial charge in [0.15, 0.2) is 5.76 Å². The Kier molecular flexibility index (Phi) is 5.36. The van der Waals surface area contributed by atoms with Crippen LogP contribution in [0, 0.1) is 17.2 Å². The SMILES string of the molecule is N#Cc1cccc(OCc2ccoc2C(=O)NC(CCO)C2CC2)c1. The predicted octanol–water partition coefficient (Wildman–Crippen LogP) is 2.62. The number of hydrogen-bond donors (Lipinski definition) is 2. The molecule has 1 atom stereocenters. The van der Waals surface area contributed by atoms with E-state index >= 15 is 0 Å². The molecule has 6 nitrogen and oxygen atoms in total. The number of nitriles is 1. The van der Waals surface area contributed by atoms with Gasteiger partial charge in [-0.15, -0.1) is 0 Å². The van der Waals surface area contributed by atoms with E-state index in [1.165, 1.54) is 6.26 Å². The summed E-state index contributed by atoms with van der Waals surface area (Å²) in [5, 5.41) is 21.0. The van der Waals surface area contributed by atoms with Crippen molar-refractivity contribution in [2.24, 2.45) is 5.92 Å². The number of carbonyl (C=O) groups is 1. The van der Waals surface area contributed by atoms with Crippen LogP contribution in [0.4, 0.5) is 0 Å². The largest absolute Gasteiger partial charge is 0.489 e. The number of aliphatic hydroxyl groups is 1. The number of nitrogens with one attached hydrogen (secondary N) is 1. The van der Waals surface area contributed by atoms with Crippen molar-refractivity contribution in [1.82, 2.24) is 5.32 Å². The Morgan fingerprint density at radius 1 is 1.44 bits per heavy atom. The van der Waals surface area contributed by atoms with Crippen molar-refractivity contribution >= 4 is 5.91 Å². The summed E-state index contributed by atoms with van der Waals surface area (Å²) in [5.74, 6) is 0.932. The molecule has 1 aromatic heterocycles. The molecule has 0 bridgehead atoms. The van der Waals surface area contributed by atoms with E-state index in [0.717, 1.165) is 12.8 Å². The van der Waals surface area contributed by atoms with Gasteiger partial charge >= 0.3 is 0 Å². The molecule has 1 unspecified atom stereocenters. The first-order valence-electron chi connectivity index (χ1n) is 8.32. The number of aliphatic hydroxyl groups excluding tert-OH is 1. The summed E-state index contributed by atoms with van der Waals surface area (Å²) in [6.07, 6.45) is 4.16. The minimum absolute atomic E-state index is 0.0244. The number of amides is 1. The second kappa shape index (κ2) is 7.86. The molecular weight excluding hydrogens is 320 g/mol. The van der Waals surface area contributed by atoms with Crippen LogP contribution in [0.3, 0.4) is 0 Å². The quantitative estimate of drug-likeness (QED) is 0.770. The number of rotatable bonds is 8. The van der Waals surface area contributed by atoms with Crippen molar-refractivity contribution in [3.05, 3.63) is 53.5 Å². The highest BCUT2D eigenvalue weighted by molar-refractivity contribution is 5.93. The molecule has 25 heavy (non-hydrogen) atoms. The van der Waals surface area contributed by atoms with E-state index in [4.69, 9.17) is 19.5 Å². The van der Waals surface area contributed by atoms with Gasteiger partial charge < -0.3 is 19.6 Å². The Morgan fingerprint density at radius 3 is 3.00 bits per heavy atom. The molecule has 1 saturated carbocycles. The summed E-state index contributed by atoms with van der Waals surface area (Å²) in [4.78, 5) is 12.5. The van der Waals surface area contributed by atoms with Gasteiger partial charge in [0.1, 0.15) is 12.4 Å². The van der Waals surface area contributed by atoms with Crippen LogP contribution in [-0.4, -0.2) is 23.7 Å². The normalized spacial score (nSPS) is 14.6. The molecule has 1 aromatic carbocycles. The summed E-state index contributed by atoms with van der Waals surface area (Å²) in [6, 6.07) is 10.6. The van der Waals surface area contributed by atoms with Gasteiger partial charge in [-0.2, -0.15) is 5.26 Å². The van der Waals surface area contributed by atoms with Gasteiger partial charge in [-0.25, -0.2) is 0 Å². The van der Waals surface area contributed by atoms with Gasteiger partial charge in [-0.3, -0.25) is 4.79 Å². The minimum atomic E-state index is -0.292. The fourth-order valence-corrected chi connectivity index (χ4v) is 2.76. The van der Waals surface area contributed by atoms with Gasteiger partial charge in [0.2, 0.25) is 0 Å². The van der Waals surface area contributed by atoms with E-state index in [9.17, 15) is 4.79 Å². The van der Waals surface area contributed by atoms with Crippen LogP contribution in [-0.2, 0) is 6.61 Å². The highest BCUT2D eigenvalue weighted by atomic mass is 16.5. The molecule has 0 aliphatic heterocycles. The molecule has 6 heteroatoms. The Bertz CT molecular complexity index is 774. The summed E-state index contributed by atoms with van der Waals surface area (Å²) >= 11 is 0. The van der Waals surface area contributed by atoms with E-state index in [2.05, 4.69) is 11.4 Å². The molecule has 0 spiro atoms. The Balaban J connectivity index is 1.63. The summed E-state index contributed by atoms with van der Waals surface area (Å²) in [6.45, 7) is 0.215. The third-order valence-corrected chi connectivity index (χ3v) is 4.26. The monoisotopic (exact) mass is 340 g/mol. The van der Waals surface area contributed by atoms with Crippen LogP contribution >= 0.6 is 0 Å².